The van der Waals surface area contributed by atoms with Crippen molar-refractivity contribution in [1.29, 1.82) is 5.26 Å². The number of rotatable bonds is 6. The Hall–Kier alpha value is -2.81. The van der Waals surface area contributed by atoms with Crippen LogP contribution >= 0.6 is 0 Å². The number of carbonyl (C=O) groups is 1. The molecule has 0 bridgehead atoms. The Bertz CT molecular complexity index is 571. The number of ether oxygens (including phenoxy) is 1. The summed E-state index contributed by atoms with van der Waals surface area (Å²) in [4.78, 5) is 17.6. The van der Waals surface area contributed by atoms with Gasteiger partial charge in [0.05, 0.1) is 17.9 Å². The number of allylic oxidation sites excluding steroid dienone is 1. The van der Waals surface area contributed by atoms with Gasteiger partial charge in [-0.25, -0.2) is 4.79 Å². The van der Waals surface area contributed by atoms with Gasteiger partial charge in [0.25, 0.3) is 0 Å². The second kappa shape index (κ2) is 8.38. The van der Waals surface area contributed by atoms with Crippen LogP contribution in [-0.2, 0) is 9.53 Å². The quantitative estimate of drug-likeness (QED) is 0.485. The van der Waals surface area contributed by atoms with Crippen LogP contribution in [0.2, 0.25) is 0 Å². The smallest absolute Gasteiger partial charge is 0.356 e. The van der Waals surface area contributed by atoms with Crippen molar-refractivity contribution < 1.29 is 9.53 Å². The normalized spacial score (nSPS) is 11.5. The summed E-state index contributed by atoms with van der Waals surface area (Å²) in [5.41, 5.74) is 1.09. The minimum absolute atomic E-state index is 0.241. The first-order chi connectivity index (χ1) is 10.1. The Morgan fingerprint density at radius 1 is 1.52 bits per heavy atom. The van der Waals surface area contributed by atoms with Gasteiger partial charge in [0.15, 0.2) is 0 Å². The van der Waals surface area contributed by atoms with Gasteiger partial charge in [0.2, 0.25) is 0 Å². The van der Waals surface area contributed by atoms with Crippen LogP contribution in [0.3, 0.4) is 0 Å². The summed E-state index contributed by atoms with van der Waals surface area (Å²) in [7, 11) is 3.57. The molecule has 0 radical (unpaired) electrons. The summed E-state index contributed by atoms with van der Waals surface area (Å²) in [5.74, 6) is -0.485. The van der Waals surface area contributed by atoms with Gasteiger partial charge in [-0.15, -0.1) is 0 Å². The lowest BCUT2D eigenvalue weighted by molar-refractivity contribution is -0.138. The minimum Gasteiger partial charge on any atom is -0.461 e. The Morgan fingerprint density at radius 3 is 2.81 bits per heavy atom. The number of pyridine rings is 1. The number of hydrogen-bond acceptors (Lipinski definition) is 6. The van der Waals surface area contributed by atoms with Crippen LogP contribution in [0.15, 0.2) is 42.5 Å². The zero-order valence-electron chi connectivity index (χ0n) is 12.3. The van der Waals surface area contributed by atoms with E-state index in [0.29, 0.717) is 11.3 Å². The van der Waals surface area contributed by atoms with E-state index in [1.54, 1.807) is 56.5 Å². The van der Waals surface area contributed by atoms with E-state index >= 15 is 0 Å². The highest BCUT2D eigenvalue weighted by atomic mass is 16.5. The van der Waals surface area contributed by atoms with Gasteiger partial charge in [-0.05, 0) is 19.1 Å². The first-order valence-corrected chi connectivity index (χ1v) is 6.42. The molecule has 1 rings (SSSR count). The van der Waals surface area contributed by atoms with E-state index in [-0.39, 0.29) is 12.3 Å². The summed E-state index contributed by atoms with van der Waals surface area (Å²) in [5, 5.41) is 12.0. The number of esters is 1. The van der Waals surface area contributed by atoms with Crippen LogP contribution in [0, 0.1) is 11.3 Å². The topological polar surface area (TPSA) is 78.2 Å². The van der Waals surface area contributed by atoms with Crippen LogP contribution in [-0.4, -0.2) is 36.6 Å². The van der Waals surface area contributed by atoms with Crippen LogP contribution in [0.25, 0.3) is 5.57 Å². The fourth-order valence-electron chi connectivity index (χ4n) is 1.45. The molecule has 0 saturated carbocycles. The van der Waals surface area contributed by atoms with E-state index < -0.39 is 5.97 Å². The Balaban J connectivity index is 2.96. The SMILES string of the molecule is CCOC(=O)/C(=C/N(C)C)N/C=C(/C#N)c1ccccn1. The molecule has 6 heteroatoms. The van der Waals surface area contributed by atoms with Crippen LogP contribution in [0.5, 0.6) is 0 Å². The number of aromatic nitrogens is 1. The van der Waals surface area contributed by atoms with Crippen molar-refractivity contribution >= 4 is 11.5 Å². The molecule has 0 aromatic carbocycles. The van der Waals surface area contributed by atoms with Crippen molar-refractivity contribution in [3.05, 3.63) is 48.2 Å². The predicted molar refractivity (Wildman–Crippen MR) is 79.4 cm³/mol. The van der Waals surface area contributed by atoms with Crippen LogP contribution in [0.4, 0.5) is 0 Å². The molecule has 6 nitrogen and oxygen atoms in total. The summed E-state index contributed by atoms with van der Waals surface area (Å²) in [6.07, 6.45) is 4.62. The minimum atomic E-state index is -0.485. The van der Waals surface area contributed by atoms with Gasteiger partial charge in [-0.1, -0.05) is 6.07 Å². The molecule has 1 aromatic rings. The van der Waals surface area contributed by atoms with Crippen molar-refractivity contribution in [1.82, 2.24) is 15.2 Å². The monoisotopic (exact) mass is 286 g/mol. The van der Waals surface area contributed by atoms with Gasteiger partial charge in [0, 0.05) is 32.7 Å². The molecule has 0 aliphatic rings. The van der Waals surface area contributed by atoms with Crippen molar-refractivity contribution in [3.63, 3.8) is 0 Å². The standard InChI is InChI=1S/C15H18N4O2/c1-4-21-15(20)14(11-19(2)3)18-10-12(9-16)13-7-5-6-8-17-13/h5-8,10-11,18H,4H2,1-3H3/b12-10-,14-11-. The lowest BCUT2D eigenvalue weighted by atomic mass is 10.2. The largest absolute Gasteiger partial charge is 0.461 e. The number of nitriles is 1. The molecule has 0 atom stereocenters. The summed E-state index contributed by atoms with van der Waals surface area (Å²) in [6, 6.07) is 7.31. The molecule has 110 valence electrons. The van der Waals surface area contributed by atoms with Crippen molar-refractivity contribution in [2.24, 2.45) is 0 Å². The first kappa shape index (κ1) is 16.2. The third-order valence-corrected chi connectivity index (χ3v) is 2.32. The molecule has 1 aromatic heterocycles. The fraction of sp³-hybridized carbons (Fsp3) is 0.267. The molecule has 0 unspecified atom stereocenters. The highest BCUT2D eigenvalue weighted by molar-refractivity contribution is 5.88. The first-order valence-electron chi connectivity index (χ1n) is 6.42. The molecule has 0 aliphatic carbocycles. The predicted octanol–water partition coefficient (Wildman–Crippen LogP) is 1.50. The van der Waals surface area contributed by atoms with E-state index in [0.717, 1.165) is 0 Å². The average Bonchev–Trinajstić information content (AvgIpc) is 2.47. The Kier molecular flexibility index (Phi) is 6.48. The molecule has 1 N–H and O–H groups in total. The van der Waals surface area contributed by atoms with Crippen LogP contribution < -0.4 is 5.32 Å². The fourth-order valence-corrected chi connectivity index (χ4v) is 1.45. The summed E-state index contributed by atoms with van der Waals surface area (Å²) in [6.45, 7) is 2.01. The maximum absolute atomic E-state index is 11.8. The molecule has 0 saturated heterocycles. The van der Waals surface area contributed by atoms with E-state index in [2.05, 4.69) is 10.3 Å². The van der Waals surface area contributed by atoms with Crippen molar-refractivity contribution in [2.45, 2.75) is 6.92 Å². The summed E-state index contributed by atoms with van der Waals surface area (Å²) >= 11 is 0. The van der Waals surface area contributed by atoms with E-state index in [4.69, 9.17) is 4.74 Å². The Labute approximate surface area is 124 Å². The van der Waals surface area contributed by atoms with E-state index in [1.807, 2.05) is 6.07 Å². The van der Waals surface area contributed by atoms with Gasteiger partial charge in [0.1, 0.15) is 11.8 Å². The lowest BCUT2D eigenvalue weighted by Crippen LogP contribution is -2.21. The zero-order chi connectivity index (χ0) is 15.7. The molecule has 0 aliphatic heterocycles. The number of hydrogen-bond donors (Lipinski definition) is 1. The highest BCUT2D eigenvalue weighted by Crippen LogP contribution is 2.09. The average molecular weight is 286 g/mol. The second-order valence-electron chi connectivity index (χ2n) is 4.26. The number of carbonyl (C=O) groups excluding carboxylic acids is 1. The zero-order valence-corrected chi connectivity index (χ0v) is 12.3. The molecular weight excluding hydrogens is 268 g/mol. The van der Waals surface area contributed by atoms with Gasteiger partial charge in [-0.2, -0.15) is 5.26 Å². The summed E-state index contributed by atoms with van der Waals surface area (Å²) < 4.78 is 4.95. The molecule has 0 amide bonds. The third-order valence-electron chi connectivity index (χ3n) is 2.32. The van der Waals surface area contributed by atoms with Gasteiger partial charge >= 0.3 is 5.97 Å². The second-order valence-corrected chi connectivity index (χ2v) is 4.26. The number of nitrogens with one attached hydrogen (secondary N) is 1. The van der Waals surface area contributed by atoms with Crippen molar-refractivity contribution in [3.8, 4) is 6.07 Å². The highest BCUT2D eigenvalue weighted by Gasteiger charge is 2.10. The third kappa shape index (κ3) is 5.37. The lowest BCUT2D eigenvalue weighted by Gasteiger charge is -2.11. The number of nitrogens with zero attached hydrogens (tertiary/aromatic N) is 3. The van der Waals surface area contributed by atoms with Gasteiger partial charge in [-0.3, -0.25) is 4.98 Å². The Morgan fingerprint density at radius 2 is 2.29 bits per heavy atom. The maximum atomic E-state index is 11.8. The van der Waals surface area contributed by atoms with E-state index in [1.165, 1.54) is 6.20 Å². The van der Waals surface area contributed by atoms with Crippen molar-refractivity contribution in [2.75, 3.05) is 20.7 Å². The van der Waals surface area contributed by atoms with Gasteiger partial charge < -0.3 is 15.0 Å². The maximum Gasteiger partial charge on any atom is 0.356 e. The molecular formula is C15H18N4O2. The van der Waals surface area contributed by atoms with Crippen LogP contribution in [0.1, 0.15) is 12.6 Å². The molecule has 0 fully saturated rings. The molecule has 21 heavy (non-hydrogen) atoms. The van der Waals surface area contributed by atoms with E-state index in [9.17, 15) is 10.1 Å². The molecule has 1 heterocycles. The molecule has 0 spiro atoms.